The van der Waals surface area contributed by atoms with E-state index >= 15 is 0 Å². The molecule has 0 aliphatic heterocycles. The lowest BCUT2D eigenvalue weighted by atomic mass is 10.4. The molecule has 4 nitrogen and oxygen atoms in total. The fraction of sp³-hybridized carbons (Fsp3) is 0.250. The number of carboxylic acid groups (broad SMARTS) is 1. The van der Waals surface area contributed by atoms with Gasteiger partial charge in [0.1, 0.15) is 12.4 Å². The molecule has 0 saturated carbocycles. The lowest BCUT2D eigenvalue weighted by Crippen LogP contribution is -2.21. The minimum absolute atomic E-state index is 0.0669. The van der Waals surface area contributed by atoms with Crippen LogP contribution < -0.4 is 4.74 Å². The Morgan fingerprint density at radius 1 is 1.77 bits per heavy atom. The number of hydrogen-bond acceptors (Lipinski definition) is 3. The van der Waals surface area contributed by atoms with E-state index in [1.807, 2.05) is 0 Å². The van der Waals surface area contributed by atoms with Crippen molar-refractivity contribution in [3.05, 3.63) is 24.5 Å². The molecule has 70 valence electrons. The van der Waals surface area contributed by atoms with Crippen LogP contribution in [0.4, 0.5) is 0 Å². The first kappa shape index (κ1) is 9.80. The summed E-state index contributed by atoms with van der Waals surface area (Å²) >= 11 is 5.42. The van der Waals surface area contributed by atoms with Crippen LogP contribution in [0.15, 0.2) is 24.5 Å². The van der Waals surface area contributed by atoms with Crippen molar-refractivity contribution in [2.24, 2.45) is 0 Å². The Kier molecular flexibility index (Phi) is 3.52. The largest absolute Gasteiger partial charge is 0.490 e. The van der Waals surface area contributed by atoms with Gasteiger partial charge < -0.3 is 9.84 Å². The molecule has 0 aromatic carbocycles. The van der Waals surface area contributed by atoms with Crippen LogP contribution in [0.1, 0.15) is 0 Å². The first-order valence-electron chi connectivity index (χ1n) is 3.60. The van der Waals surface area contributed by atoms with Crippen molar-refractivity contribution < 1.29 is 14.6 Å². The molecule has 5 heteroatoms. The van der Waals surface area contributed by atoms with Crippen LogP contribution >= 0.6 is 11.6 Å². The Morgan fingerprint density at radius 3 is 3.08 bits per heavy atom. The maximum atomic E-state index is 10.3. The van der Waals surface area contributed by atoms with E-state index in [0.29, 0.717) is 5.75 Å². The number of aromatic nitrogens is 1. The van der Waals surface area contributed by atoms with Gasteiger partial charge in [-0.3, -0.25) is 9.78 Å². The van der Waals surface area contributed by atoms with Crippen molar-refractivity contribution in [3.63, 3.8) is 0 Å². The van der Waals surface area contributed by atoms with Crippen molar-refractivity contribution in [1.29, 1.82) is 0 Å². The minimum atomic E-state index is -1.09. The molecule has 0 spiro atoms. The van der Waals surface area contributed by atoms with Crippen LogP contribution in [0.2, 0.25) is 0 Å². The van der Waals surface area contributed by atoms with Crippen molar-refractivity contribution in [1.82, 2.24) is 4.98 Å². The summed E-state index contributed by atoms with van der Waals surface area (Å²) in [7, 11) is 0. The van der Waals surface area contributed by atoms with Gasteiger partial charge in [-0.15, -0.1) is 11.6 Å². The molecule has 1 N–H and O–H groups in total. The Labute approximate surface area is 80.1 Å². The molecule has 1 aromatic rings. The number of alkyl halides is 1. The number of ether oxygens (including phenoxy) is 1. The van der Waals surface area contributed by atoms with E-state index in [9.17, 15) is 4.79 Å². The molecule has 0 bridgehead atoms. The molecule has 1 unspecified atom stereocenters. The summed E-state index contributed by atoms with van der Waals surface area (Å²) in [4.78, 5) is 14.1. The van der Waals surface area contributed by atoms with Gasteiger partial charge in [0.2, 0.25) is 0 Å². The van der Waals surface area contributed by atoms with Gasteiger partial charge in [-0.1, -0.05) is 0 Å². The second kappa shape index (κ2) is 4.67. The van der Waals surface area contributed by atoms with E-state index in [1.54, 1.807) is 18.3 Å². The molecular formula is C8H8ClNO3. The first-order chi connectivity index (χ1) is 6.20. The predicted octanol–water partition coefficient (Wildman–Crippen LogP) is 1.15. The highest BCUT2D eigenvalue weighted by Crippen LogP contribution is 2.07. The van der Waals surface area contributed by atoms with Crippen LogP contribution in [-0.4, -0.2) is 28.0 Å². The molecule has 1 rings (SSSR count). The zero-order valence-corrected chi connectivity index (χ0v) is 7.44. The van der Waals surface area contributed by atoms with Gasteiger partial charge in [-0.2, -0.15) is 0 Å². The number of rotatable bonds is 4. The molecule has 0 aliphatic rings. The quantitative estimate of drug-likeness (QED) is 0.743. The third-order valence-electron chi connectivity index (χ3n) is 1.30. The number of halogens is 1. The second-order valence-corrected chi connectivity index (χ2v) is 2.83. The second-order valence-electron chi connectivity index (χ2n) is 2.31. The van der Waals surface area contributed by atoms with Crippen LogP contribution in [0.25, 0.3) is 0 Å². The number of carboxylic acids is 1. The summed E-state index contributed by atoms with van der Waals surface area (Å²) in [5.74, 6) is -0.583. The topological polar surface area (TPSA) is 59.4 Å². The third-order valence-corrected chi connectivity index (χ3v) is 1.61. The summed E-state index contributed by atoms with van der Waals surface area (Å²) in [5.41, 5.74) is 0. The summed E-state index contributed by atoms with van der Waals surface area (Å²) in [6.07, 6.45) is 3.09. The van der Waals surface area contributed by atoms with Crippen molar-refractivity contribution in [2.75, 3.05) is 6.61 Å². The zero-order chi connectivity index (χ0) is 9.68. The van der Waals surface area contributed by atoms with Gasteiger partial charge in [-0.25, -0.2) is 0 Å². The van der Waals surface area contributed by atoms with Gasteiger partial charge in [0.05, 0.1) is 6.20 Å². The zero-order valence-electron chi connectivity index (χ0n) is 6.68. The van der Waals surface area contributed by atoms with Gasteiger partial charge in [0.25, 0.3) is 0 Å². The molecule has 1 aromatic heterocycles. The van der Waals surface area contributed by atoms with E-state index in [4.69, 9.17) is 21.4 Å². The highest BCUT2D eigenvalue weighted by Gasteiger charge is 2.13. The Balaban J connectivity index is 2.39. The lowest BCUT2D eigenvalue weighted by Gasteiger charge is -2.06. The van der Waals surface area contributed by atoms with E-state index in [-0.39, 0.29) is 6.61 Å². The fourth-order valence-electron chi connectivity index (χ4n) is 0.673. The average molecular weight is 202 g/mol. The molecule has 0 amide bonds. The summed E-state index contributed by atoms with van der Waals surface area (Å²) in [6.45, 7) is -0.0669. The standard InChI is InChI=1S/C8H8ClNO3/c9-7(8(11)12)5-13-6-2-1-3-10-4-6/h1-4,7H,5H2,(H,11,12). The van der Waals surface area contributed by atoms with Gasteiger partial charge >= 0.3 is 5.97 Å². The summed E-state index contributed by atoms with van der Waals surface area (Å²) < 4.78 is 5.05. The molecule has 0 aliphatic carbocycles. The van der Waals surface area contributed by atoms with E-state index in [1.165, 1.54) is 6.20 Å². The van der Waals surface area contributed by atoms with Gasteiger partial charge in [-0.05, 0) is 12.1 Å². The molecule has 0 radical (unpaired) electrons. The Hall–Kier alpha value is -1.29. The van der Waals surface area contributed by atoms with Crippen molar-refractivity contribution in [3.8, 4) is 5.75 Å². The molecule has 1 atom stereocenters. The van der Waals surface area contributed by atoms with Crippen LogP contribution in [-0.2, 0) is 4.79 Å². The smallest absolute Gasteiger partial charge is 0.325 e. The number of aliphatic carboxylic acids is 1. The number of nitrogens with zero attached hydrogens (tertiary/aromatic N) is 1. The van der Waals surface area contributed by atoms with Crippen LogP contribution in [0.3, 0.4) is 0 Å². The molecule has 1 heterocycles. The predicted molar refractivity (Wildman–Crippen MR) is 47.0 cm³/mol. The minimum Gasteiger partial charge on any atom is -0.490 e. The van der Waals surface area contributed by atoms with E-state index in [0.717, 1.165) is 0 Å². The molecular weight excluding hydrogens is 194 g/mol. The van der Waals surface area contributed by atoms with Crippen LogP contribution in [0, 0.1) is 0 Å². The molecule has 0 saturated heterocycles. The highest BCUT2D eigenvalue weighted by atomic mass is 35.5. The number of hydrogen-bond donors (Lipinski definition) is 1. The maximum absolute atomic E-state index is 10.3. The van der Waals surface area contributed by atoms with Crippen molar-refractivity contribution >= 4 is 17.6 Å². The van der Waals surface area contributed by atoms with Gasteiger partial charge in [0, 0.05) is 6.20 Å². The number of carbonyl (C=O) groups is 1. The molecule has 0 fully saturated rings. The van der Waals surface area contributed by atoms with Gasteiger partial charge in [0.15, 0.2) is 5.38 Å². The first-order valence-corrected chi connectivity index (χ1v) is 4.03. The fourth-order valence-corrected chi connectivity index (χ4v) is 0.736. The SMILES string of the molecule is O=C(O)C(Cl)COc1cccnc1. The Morgan fingerprint density at radius 2 is 2.54 bits per heavy atom. The van der Waals surface area contributed by atoms with E-state index < -0.39 is 11.3 Å². The van der Waals surface area contributed by atoms with E-state index in [2.05, 4.69) is 4.98 Å². The monoisotopic (exact) mass is 201 g/mol. The summed E-state index contributed by atoms with van der Waals surface area (Å²) in [5, 5.41) is 7.40. The Bertz CT molecular complexity index is 278. The maximum Gasteiger partial charge on any atom is 0.325 e. The number of pyridine rings is 1. The average Bonchev–Trinajstić information content (AvgIpc) is 2.15. The highest BCUT2D eigenvalue weighted by molar-refractivity contribution is 6.29. The lowest BCUT2D eigenvalue weighted by molar-refractivity contribution is -0.137. The van der Waals surface area contributed by atoms with Crippen molar-refractivity contribution in [2.45, 2.75) is 5.38 Å². The third kappa shape index (κ3) is 3.29. The molecule has 13 heavy (non-hydrogen) atoms. The summed E-state index contributed by atoms with van der Waals surface area (Å²) in [6, 6.07) is 3.37. The van der Waals surface area contributed by atoms with Crippen LogP contribution in [0.5, 0.6) is 5.75 Å². The normalized spacial score (nSPS) is 12.1.